The van der Waals surface area contributed by atoms with E-state index in [0.717, 1.165) is 0 Å². The molecule has 1 aliphatic rings. The molecule has 0 radical (unpaired) electrons. The normalized spacial score (nSPS) is 13.3. The second-order valence-corrected chi connectivity index (χ2v) is 5.78. The van der Waals surface area contributed by atoms with Crippen molar-refractivity contribution in [2.75, 3.05) is 0 Å². The molecule has 3 rings (SSSR count). The monoisotopic (exact) mass is 374 g/mol. The zero-order valence-corrected chi connectivity index (χ0v) is 13.9. The molecule has 0 atom stereocenters. The van der Waals surface area contributed by atoms with Crippen LogP contribution in [0.2, 0.25) is 0 Å². The van der Waals surface area contributed by atoms with Crippen molar-refractivity contribution in [3.05, 3.63) is 51.8 Å². The number of allylic oxidation sites excluding steroid dienone is 1. The Morgan fingerprint density at radius 1 is 1.17 bits per heavy atom. The summed E-state index contributed by atoms with van der Waals surface area (Å²) in [6, 6.07) is 6.50. The van der Waals surface area contributed by atoms with Crippen molar-refractivity contribution in [2.45, 2.75) is 13.8 Å². The Bertz CT molecular complexity index is 895. The number of carbonyl (C=O) groups is 3. The van der Waals surface area contributed by atoms with Crippen LogP contribution in [0, 0.1) is 0 Å². The average molecular weight is 375 g/mol. The van der Waals surface area contributed by atoms with Crippen LogP contribution in [0.15, 0.2) is 34.9 Å². The largest absolute Gasteiger partial charge is 0.427 e. The molecule has 0 bridgehead atoms. The van der Waals surface area contributed by atoms with Crippen molar-refractivity contribution in [1.82, 2.24) is 9.78 Å². The summed E-state index contributed by atoms with van der Waals surface area (Å²) in [4.78, 5) is 34.8. The molecular formula is C16H11BrN2O4. The standard InChI is InChI=1S/C16H11BrN2O4/c1-8(20)19-6-5-13(18-19)14-11-4-3-10(23-9(2)21)7-12(11)16(22)15(14)17/h3-7H,1-2H3. The number of nitrogens with zero attached hydrogens (tertiary/aromatic N) is 2. The second-order valence-electron chi connectivity index (χ2n) is 4.98. The van der Waals surface area contributed by atoms with Crippen LogP contribution in [0.1, 0.15) is 40.3 Å². The lowest BCUT2D eigenvalue weighted by molar-refractivity contribution is -0.131. The molecule has 1 aromatic heterocycles. The lowest BCUT2D eigenvalue weighted by Gasteiger charge is -2.05. The minimum Gasteiger partial charge on any atom is -0.427 e. The third-order valence-corrected chi connectivity index (χ3v) is 4.11. The van der Waals surface area contributed by atoms with E-state index >= 15 is 0 Å². The van der Waals surface area contributed by atoms with Gasteiger partial charge in [-0.05, 0) is 45.8 Å². The molecule has 0 aliphatic heterocycles. The molecule has 0 amide bonds. The molecule has 1 heterocycles. The van der Waals surface area contributed by atoms with Gasteiger partial charge < -0.3 is 4.74 Å². The molecular weight excluding hydrogens is 364 g/mol. The van der Waals surface area contributed by atoms with Gasteiger partial charge in [0.2, 0.25) is 11.7 Å². The van der Waals surface area contributed by atoms with E-state index in [0.29, 0.717) is 32.6 Å². The minimum absolute atomic E-state index is 0.220. The van der Waals surface area contributed by atoms with Crippen LogP contribution >= 0.6 is 15.9 Å². The zero-order valence-electron chi connectivity index (χ0n) is 12.3. The van der Waals surface area contributed by atoms with E-state index in [-0.39, 0.29) is 11.7 Å². The Hall–Kier alpha value is -2.54. The van der Waals surface area contributed by atoms with Gasteiger partial charge in [-0.3, -0.25) is 14.4 Å². The van der Waals surface area contributed by atoms with Crippen molar-refractivity contribution in [3.8, 4) is 5.75 Å². The molecule has 0 saturated carbocycles. The van der Waals surface area contributed by atoms with Gasteiger partial charge in [-0.15, -0.1) is 0 Å². The van der Waals surface area contributed by atoms with Crippen molar-refractivity contribution in [1.29, 1.82) is 0 Å². The summed E-state index contributed by atoms with van der Waals surface area (Å²) in [6.07, 6.45) is 1.54. The number of hydrogen-bond acceptors (Lipinski definition) is 5. The Balaban J connectivity index is 2.08. The number of esters is 1. The van der Waals surface area contributed by atoms with Crippen LogP contribution in [-0.4, -0.2) is 27.4 Å². The van der Waals surface area contributed by atoms with Gasteiger partial charge in [0.05, 0.1) is 10.2 Å². The maximum atomic E-state index is 12.4. The smallest absolute Gasteiger partial charge is 0.308 e. The molecule has 116 valence electrons. The number of ketones is 1. The molecule has 7 heteroatoms. The first kappa shape index (κ1) is 15.4. The van der Waals surface area contributed by atoms with Gasteiger partial charge in [0.25, 0.3) is 0 Å². The number of benzene rings is 1. The minimum atomic E-state index is -0.456. The molecule has 0 fully saturated rings. The predicted octanol–water partition coefficient (Wildman–Crippen LogP) is 2.82. The maximum Gasteiger partial charge on any atom is 0.308 e. The van der Waals surface area contributed by atoms with E-state index in [1.54, 1.807) is 24.4 Å². The first-order valence-electron chi connectivity index (χ1n) is 6.73. The molecule has 6 nitrogen and oxygen atoms in total. The van der Waals surface area contributed by atoms with E-state index in [2.05, 4.69) is 21.0 Å². The summed E-state index contributed by atoms with van der Waals surface area (Å²) in [6.45, 7) is 2.70. The number of ether oxygens (including phenoxy) is 1. The number of halogens is 1. The first-order valence-corrected chi connectivity index (χ1v) is 7.52. The molecule has 0 N–H and O–H groups in total. The Kier molecular flexibility index (Phi) is 3.73. The van der Waals surface area contributed by atoms with Gasteiger partial charge >= 0.3 is 5.97 Å². The van der Waals surface area contributed by atoms with Crippen molar-refractivity contribution < 1.29 is 19.1 Å². The van der Waals surface area contributed by atoms with E-state index in [1.807, 2.05) is 0 Å². The molecule has 23 heavy (non-hydrogen) atoms. The number of rotatable bonds is 2. The van der Waals surface area contributed by atoms with Gasteiger partial charge in [-0.1, -0.05) is 0 Å². The quantitative estimate of drug-likeness (QED) is 0.596. The Labute approximate surface area is 139 Å². The van der Waals surface area contributed by atoms with Crippen LogP contribution < -0.4 is 4.74 Å². The van der Waals surface area contributed by atoms with Gasteiger partial charge in [0.1, 0.15) is 5.75 Å². The van der Waals surface area contributed by atoms with Crippen LogP contribution in [-0.2, 0) is 4.79 Å². The van der Waals surface area contributed by atoms with Gasteiger partial charge in [0.15, 0.2) is 0 Å². The third-order valence-electron chi connectivity index (χ3n) is 3.35. The number of Topliss-reactive ketones (excluding diaryl/α,β-unsaturated/α-hetero) is 1. The molecule has 1 aliphatic carbocycles. The summed E-state index contributed by atoms with van der Waals surface area (Å²) in [5.74, 6) is -0.590. The molecule has 0 unspecified atom stereocenters. The summed E-state index contributed by atoms with van der Waals surface area (Å²) in [5, 5.41) is 4.19. The summed E-state index contributed by atoms with van der Waals surface area (Å²) in [5.41, 5.74) is 2.22. The van der Waals surface area contributed by atoms with E-state index in [4.69, 9.17) is 4.74 Å². The molecule has 2 aromatic rings. The van der Waals surface area contributed by atoms with Gasteiger partial charge in [-0.2, -0.15) is 5.10 Å². The number of fused-ring (bicyclic) bond motifs is 1. The summed E-state index contributed by atoms with van der Waals surface area (Å²) >= 11 is 3.30. The highest BCUT2D eigenvalue weighted by molar-refractivity contribution is 9.12. The Morgan fingerprint density at radius 3 is 2.52 bits per heavy atom. The van der Waals surface area contributed by atoms with Crippen molar-refractivity contribution in [2.24, 2.45) is 0 Å². The van der Waals surface area contributed by atoms with Gasteiger partial charge in [0, 0.05) is 31.2 Å². The highest BCUT2D eigenvalue weighted by Crippen LogP contribution is 2.40. The molecule has 0 saturated heterocycles. The van der Waals surface area contributed by atoms with Gasteiger partial charge in [-0.25, -0.2) is 4.68 Å². The lowest BCUT2D eigenvalue weighted by Crippen LogP contribution is -2.06. The summed E-state index contributed by atoms with van der Waals surface area (Å²) in [7, 11) is 0. The van der Waals surface area contributed by atoms with Crippen molar-refractivity contribution >= 4 is 39.2 Å². The number of aromatic nitrogens is 2. The first-order chi connectivity index (χ1) is 10.9. The maximum absolute atomic E-state index is 12.4. The van der Waals surface area contributed by atoms with E-state index in [1.165, 1.54) is 24.6 Å². The number of carbonyl (C=O) groups excluding carboxylic acids is 3. The summed E-state index contributed by atoms with van der Waals surface area (Å²) < 4.78 is 6.58. The average Bonchev–Trinajstić information content (AvgIpc) is 3.04. The van der Waals surface area contributed by atoms with Crippen LogP contribution in [0.3, 0.4) is 0 Å². The van der Waals surface area contributed by atoms with E-state index < -0.39 is 5.97 Å². The Morgan fingerprint density at radius 2 is 1.91 bits per heavy atom. The fourth-order valence-electron chi connectivity index (χ4n) is 2.39. The lowest BCUT2D eigenvalue weighted by atomic mass is 10.0. The number of hydrogen-bond donors (Lipinski definition) is 0. The molecule has 1 aromatic carbocycles. The zero-order chi connectivity index (χ0) is 16.7. The molecule has 0 spiro atoms. The van der Waals surface area contributed by atoms with Crippen LogP contribution in [0.25, 0.3) is 5.57 Å². The topological polar surface area (TPSA) is 78.3 Å². The van der Waals surface area contributed by atoms with E-state index in [9.17, 15) is 14.4 Å². The predicted molar refractivity (Wildman–Crippen MR) is 85.6 cm³/mol. The van der Waals surface area contributed by atoms with Crippen LogP contribution in [0.4, 0.5) is 0 Å². The van der Waals surface area contributed by atoms with Crippen molar-refractivity contribution in [3.63, 3.8) is 0 Å². The SMILES string of the molecule is CC(=O)Oc1ccc2c(c1)C(=O)C(Br)=C2c1ccn(C(C)=O)n1. The fraction of sp³-hybridized carbons (Fsp3) is 0.125. The fourth-order valence-corrected chi connectivity index (χ4v) is 3.02. The van der Waals surface area contributed by atoms with Crippen LogP contribution in [0.5, 0.6) is 5.75 Å². The highest BCUT2D eigenvalue weighted by Gasteiger charge is 2.31. The second kappa shape index (κ2) is 5.58. The third kappa shape index (κ3) is 2.63. The highest BCUT2D eigenvalue weighted by atomic mass is 79.9.